The molecule has 1 aromatic carbocycles. The number of anilines is 1. The van der Waals surface area contributed by atoms with Gasteiger partial charge in [-0.05, 0) is 30.7 Å². The molecule has 1 saturated heterocycles. The molecule has 0 radical (unpaired) electrons. The van der Waals surface area contributed by atoms with Crippen LogP contribution in [0.1, 0.15) is 30.1 Å². The molecule has 3 rings (SSSR count). The fourth-order valence-corrected chi connectivity index (χ4v) is 5.11. The fraction of sp³-hybridized carbons (Fsp3) is 0.438. The predicted octanol–water partition coefficient (Wildman–Crippen LogP) is 4.17. The zero-order chi connectivity index (χ0) is 16.8. The van der Waals surface area contributed by atoms with Crippen LogP contribution in [0.2, 0.25) is 0 Å². The Morgan fingerprint density at radius 3 is 3.04 bits per heavy atom. The lowest BCUT2D eigenvalue weighted by atomic mass is 10.2. The van der Waals surface area contributed by atoms with Gasteiger partial charge in [0.05, 0.1) is 11.7 Å². The van der Waals surface area contributed by atoms with Crippen molar-refractivity contribution in [3.8, 4) is 0 Å². The maximum Gasteiger partial charge on any atom is 0.258 e. The Morgan fingerprint density at radius 2 is 2.25 bits per heavy atom. The van der Waals surface area contributed by atoms with Gasteiger partial charge < -0.3 is 4.74 Å². The van der Waals surface area contributed by atoms with Gasteiger partial charge in [-0.2, -0.15) is 0 Å². The van der Waals surface area contributed by atoms with E-state index in [0.717, 1.165) is 40.2 Å². The number of hydrogen-bond acceptors (Lipinski definition) is 7. The molecule has 0 saturated carbocycles. The number of benzene rings is 1. The van der Waals surface area contributed by atoms with Crippen LogP contribution < -0.4 is 5.32 Å². The van der Waals surface area contributed by atoms with Gasteiger partial charge in [-0.3, -0.25) is 10.1 Å². The molecule has 1 aliphatic heterocycles. The van der Waals surface area contributed by atoms with Gasteiger partial charge >= 0.3 is 0 Å². The number of thioether (sulfide) groups is 2. The molecule has 1 amide bonds. The van der Waals surface area contributed by atoms with Crippen LogP contribution in [0, 0.1) is 0 Å². The van der Waals surface area contributed by atoms with E-state index in [1.54, 1.807) is 23.5 Å². The third kappa shape index (κ3) is 4.72. The second-order valence-electron chi connectivity index (χ2n) is 5.20. The van der Waals surface area contributed by atoms with E-state index in [1.165, 1.54) is 11.3 Å². The minimum absolute atomic E-state index is 0.144. The fourth-order valence-electron chi connectivity index (χ4n) is 2.35. The van der Waals surface area contributed by atoms with E-state index in [-0.39, 0.29) is 5.91 Å². The average molecular weight is 382 g/mol. The number of rotatable bonds is 7. The number of amides is 1. The van der Waals surface area contributed by atoms with Gasteiger partial charge in [-0.15, -0.1) is 22.0 Å². The van der Waals surface area contributed by atoms with Gasteiger partial charge in [0, 0.05) is 17.3 Å². The molecule has 0 spiro atoms. The summed E-state index contributed by atoms with van der Waals surface area (Å²) in [6.07, 6.45) is 2.52. The zero-order valence-electron chi connectivity index (χ0n) is 13.4. The van der Waals surface area contributed by atoms with E-state index < -0.39 is 0 Å². The van der Waals surface area contributed by atoms with Crippen molar-refractivity contribution in [2.24, 2.45) is 0 Å². The molecule has 0 bridgehead atoms. The highest BCUT2D eigenvalue weighted by molar-refractivity contribution is 8.01. The molecule has 1 fully saturated rings. The molecule has 2 heterocycles. The molecule has 1 aliphatic rings. The first-order valence-electron chi connectivity index (χ1n) is 7.87. The summed E-state index contributed by atoms with van der Waals surface area (Å²) < 4.78 is 6.53. The van der Waals surface area contributed by atoms with Crippen molar-refractivity contribution in [2.75, 3.05) is 23.4 Å². The number of carbonyl (C=O) groups excluding carboxylic acids is 1. The van der Waals surface area contributed by atoms with E-state index in [9.17, 15) is 4.79 Å². The Labute approximate surface area is 154 Å². The van der Waals surface area contributed by atoms with Crippen LogP contribution >= 0.6 is 34.9 Å². The monoisotopic (exact) mass is 381 g/mol. The van der Waals surface area contributed by atoms with Crippen molar-refractivity contribution in [3.63, 3.8) is 0 Å². The van der Waals surface area contributed by atoms with Crippen molar-refractivity contribution in [1.82, 2.24) is 10.2 Å². The zero-order valence-corrected chi connectivity index (χ0v) is 15.8. The lowest BCUT2D eigenvalue weighted by Gasteiger charge is -2.11. The summed E-state index contributed by atoms with van der Waals surface area (Å²) in [6.45, 7) is 2.91. The molecule has 2 aromatic rings. The summed E-state index contributed by atoms with van der Waals surface area (Å²) >= 11 is 4.70. The van der Waals surface area contributed by atoms with Crippen molar-refractivity contribution < 1.29 is 9.53 Å². The first-order valence-corrected chi connectivity index (χ1v) is 10.7. The molecular formula is C16H19N3O2S3. The van der Waals surface area contributed by atoms with Crippen LogP contribution in [0.15, 0.2) is 33.5 Å². The highest BCUT2D eigenvalue weighted by Crippen LogP contribution is 2.29. The second-order valence-corrected chi connectivity index (χ2v) is 8.75. The molecular weight excluding hydrogens is 362 g/mol. The lowest BCUT2D eigenvalue weighted by molar-refractivity contribution is 0.102. The van der Waals surface area contributed by atoms with Gasteiger partial charge in [0.15, 0.2) is 4.34 Å². The van der Waals surface area contributed by atoms with Crippen LogP contribution in [-0.2, 0) is 4.74 Å². The van der Waals surface area contributed by atoms with Gasteiger partial charge in [-0.25, -0.2) is 0 Å². The van der Waals surface area contributed by atoms with Crippen molar-refractivity contribution in [1.29, 1.82) is 0 Å². The van der Waals surface area contributed by atoms with Crippen LogP contribution in [0.4, 0.5) is 5.13 Å². The van der Waals surface area contributed by atoms with Gasteiger partial charge in [-0.1, -0.05) is 42.2 Å². The summed E-state index contributed by atoms with van der Waals surface area (Å²) in [5.74, 6) is 1.67. The van der Waals surface area contributed by atoms with Gasteiger partial charge in [0.1, 0.15) is 0 Å². The predicted molar refractivity (Wildman–Crippen MR) is 100 cm³/mol. The highest BCUT2D eigenvalue weighted by atomic mass is 32.2. The van der Waals surface area contributed by atoms with E-state index in [2.05, 4.69) is 22.4 Å². The smallest absolute Gasteiger partial charge is 0.258 e. The number of ether oxygens (including phenoxy) is 1. The third-order valence-electron chi connectivity index (χ3n) is 3.48. The summed E-state index contributed by atoms with van der Waals surface area (Å²) in [5.41, 5.74) is 0.667. The number of nitrogens with zero attached hydrogens (tertiary/aromatic N) is 2. The summed E-state index contributed by atoms with van der Waals surface area (Å²) in [4.78, 5) is 13.5. The minimum atomic E-state index is -0.144. The molecule has 0 aliphatic carbocycles. The second kappa shape index (κ2) is 8.84. The number of aromatic nitrogens is 2. The number of nitrogens with one attached hydrogen (secondary N) is 1. The quantitative estimate of drug-likeness (QED) is 0.573. The Bertz CT molecular complexity index is 687. The largest absolute Gasteiger partial charge is 0.377 e. The maximum atomic E-state index is 12.6. The molecule has 1 N–H and O–H groups in total. The van der Waals surface area contributed by atoms with Crippen molar-refractivity contribution in [3.05, 3.63) is 29.8 Å². The normalized spacial score (nSPS) is 17.1. The van der Waals surface area contributed by atoms with E-state index >= 15 is 0 Å². The van der Waals surface area contributed by atoms with E-state index in [1.807, 2.05) is 24.3 Å². The number of carbonyl (C=O) groups is 1. The Balaban J connectivity index is 1.64. The van der Waals surface area contributed by atoms with Crippen LogP contribution in [0.3, 0.4) is 0 Å². The Kier molecular flexibility index (Phi) is 6.53. The summed E-state index contributed by atoms with van der Waals surface area (Å²) in [7, 11) is 0. The Hall–Kier alpha value is -1.09. The molecule has 5 nitrogen and oxygen atoms in total. The molecule has 8 heteroatoms. The maximum absolute atomic E-state index is 12.6. The van der Waals surface area contributed by atoms with Crippen LogP contribution in [0.5, 0.6) is 0 Å². The SMILES string of the molecule is CCSc1nnc(NC(=O)c2ccccc2SC[C@@H]2CCCO2)s1. The lowest BCUT2D eigenvalue weighted by Crippen LogP contribution is -2.14. The molecule has 128 valence electrons. The molecule has 1 atom stereocenters. The van der Waals surface area contributed by atoms with Crippen molar-refractivity contribution in [2.45, 2.75) is 35.1 Å². The number of hydrogen-bond donors (Lipinski definition) is 1. The van der Waals surface area contributed by atoms with E-state index in [0.29, 0.717) is 16.8 Å². The van der Waals surface area contributed by atoms with Crippen molar-refractivity contribution >= 4 is 45.9 Å². The van der Waals surface area contributed by atoms with Crippen LogP contribution in [0.25, 0.3) is 0 Å². The molecule has 24 heavy (non-hydrogen) atoms. The molecule has 1 aromatic heterocycles. The summed E-state index contributed by atoms with van der Waals surface area (Å²) in [6, 6.07) is 7.65. The highest BCUT2D eigenvalue weighted by Gasteiger charge is 2.18. The first-order chi connectivity index (χ1) is 11.8. The summed E-state index contributed by atoms with van der Waals surface area (Å²) in [5, 5.41) is 11.5. The average Bonchev–Trinajstić information content (AvgIpc) is 3.25. The molecule has 0 unspecified atom stereocenters. The third-order valence-corrected chi connectivity index (χ3v) is 6.53. The van der Waals surface area contributed by atoms with Gasteiger partial charge in [0.2, 0.25) is 5.13 Å². The topological polar surface area (TPSA) is 64.1 Å². The standard InChI is InChI=1S/C16H19N3O2S3/c1-2-22-16-19-18-15(24-16)17-14(20)12-7-3-4-8-13(12)23-10-11-6-5-9-21-11/h3-4,7-8,11H,2,5-6,9-10H2,1H3,(H,17,18,20)/t11-/m0/s1. The Morgan fingerprint density at radius 1 is 1.38 bits per heavy atom. The first kappa shape index (κ1) is 17.7. The van der Waals surface area contributed by atoms with E-state index in [4.69, 9.17) is 4.74 Å². The minimum Gasteiger partial charge on any atom is -0.377 e. The van der Waals surface area contributed by atoms with Crippen LogP contribution in [-0.4, -0.2) is 40.3 Å². The van der Waals surface area contributed by atoms with Gasteiger partial charge in [0.25, 0.3) is 5.91 Å².